The molecular formula is C15H21N3S. The van der Waals surface area contributed by atoms with Crippen molar-refractivity contribution in [3.05, 3.63) is 45.7 Å². The lowest BCUT2D eigenvalue weighted by molar-refractivity contribution is 0.676. The minimum Gasteiger partial charge on any atom is -0.312 e. The SMILES string of the molecule is CCCNCc1sc(Cc2cccnc2)nc1CC. The Morgan fingerprint density at radius 1 is 1.32 bits per heavy atom. The van der Waals surface area contributed by atoms with Gasteiger partial charge in [-0.15, -0.1) is 11.3 Å². The summed E-state index contributed by atoms with van der Waals surface area (Å²) in [6, 6.07) is 4.09. The normalized spacial score (nSPS) is 10.8. The largest absolute Gasteiger partial charge is 0.312 e. The number of thiazole rings is 1. The quantitative estimate of drug-likeness (QED) is 0.789. The van der Waals surface area contributed by atoms with Gasteiger partial charge in [-0.2, -0.15) is 0 Å². The first kappa shape index (κ1) is 14.2. The van der Waals surface area contributed by atoms with Crippen molar-refractivity contribution in [2.75, 3.05) is 6.54 Å². The monoisotopic (exact) mass is 275 g/mol. The van der Waals surface area contributed by atoms with E-state index < -0.39 is 0 Å². The van der Waals surface area contributed by atoms with Crippen LogP contribution in [0.2, 0.25) is 0 Å². The van der Waals surface area contributed by atoms with Crippen LogP contribution in [0.1, 0.15) is 41.4 Å². The number of rotatable bonds is 7. The molecule has 3 nitrogen and oxygen atoms in total. The smallest absolute Gasteiger partial charge is 0.0976 e. The van der Waals surface area contributed by atoms with Gasteiger partial charge in [-0.1, -0.05) is 19.9 Å². The molecular weight excluding hydrogens is 254 g/mol. The summed E-state index contributed by atoms with van der Waals surface area (Å²) in [5, 5.41) is 4.65. The topological polar surface area (TPSA) is 37.8 Å². The van der Waals surface area contributed by atoms with Gasteiger partial charge in [-0.25, -0.2) is 4.98 Å². The second-order valence-corrected chi connectivity index (χ2v) is 5.71. The molecule has 0 amide bonds. The molecule has 2 aromatic rings. The highest BCUT2D eigenvalue weighted by molar-refractivity contribution is 7.11. The molecule has 2 aromatic heterocycles. The van der Waals surface area contributed by atoms with Gasteiger partial charge in [0.25, 0.3) is 0 Å². The molecule has 0 aliphatic rings. The summed E-state index contributed by atoms with van der Waals surface area (Å²) in [6.45, 7) is 6.38. The summed E-state index contributed by atoms with van der Waals surface area (Å²) in [7, 11) is 0. The van der Waals surface area contributed by atoms with Crippen molar-refractivity contribution in [2.45, 2.75) is 39.7 Å². The second-order valence-electron chi connectivity index (χ2n) is 4.55. The van der Waals surface area contributed by atoms with Crippen molar-refractivity contribution >= 4 is 11.3 Å². The van der Waals surface area contributed by atoms with Crippen LogP contribution in [0.3, 0.4) is 0 Å². The molecule has 2 heterocycles. The summed E-state index contributed by atoms with van der Waals surface area (Å²) in [6.07, 6.45) is 6.79. The van der Waals surface area contributed by atoms with Crippen LogP contribution < -0.4 is 5.32 Å². The highest BCUT2D eigenvalue weighted by atomic mass is 32.1. The zero-order valence-electron chi connectivity index (χ0n) is 11.6. The maximum absolute atomic E-state index is 4.75. The fourth-order valence-electron chi connectivity index (χ4n) is 1.98. The van der Waals surface area contributed by atoms with Gasteiger partial charge in [0.2, 0.25) is 0 Å². The molecule has 0 bridgehead atoms. The molecule has 0 saturated heterocycles. The zero-order valence-corrected chi connectivity index (χ0v) is 12.5. The van der Waals surface area contributed by atoms with E-state index in [4.69, 9.17) is 4.98 Å². The summed E-state index contributed by atoms with van der Waals surface area (Å²) < 4.78 is 0. The summed E-state index contributed by atoms with van der Waals surface area (Å²) >= 11 is 1.83. The first-order valence-electron chi connectivity index (χ1n) is 6.90. The van der Waals surface area contributed by atoms with E-state index in [-0.39, 0.29) is 0 Å². The Kier molecular flexibility index (Phi) is 5.48. The van der Waals surface area contributed by atoms with Crippen molar-refractivity contribution in [1.82, 2.24) is 15.3 Å². The summed E-state index contributed by atoms with van der Waals surface area (Å²) in [5.41, 5.74) is 2.47. The Morgan fingerprint density at radius 3 is 2.89 bits per heavy atom. The molecule has 0 saturated carbocycles. The standard InChI is InChI=1S/C15H21N3S/c1-3-7-16-11-14-13(4-2)18-15(19-14)9-12-6-5-8-17-10-12/h5-6,8,10,16H,3-4,7,9,11H2,1-2H3. The van der Waals surface area contributed by atoms with Gasteiger partial charge in [0.05, 0.1) is 10.7 Å². The molecule has 4 heteroatoms. The third kappa shape index (κ3) is 4.11. The number of hydrogen-bond acceptors (Lipinski definition) is 4. The molecule has 0 aliphatic carbocycles. The van der Waals surface area contributed by atoms with E-state index in [1.54, 1.807) is 0 Å². The molecule has 0 fully saturated rings. The molecule has 0 atom stereocenters. The molecule has 0 aliphatic heterocycles. The van der Waals surface area contributed by atoms with Crippen molar-refractivity contribution in [3.63, 3.8) is 0 Å². The minimum absolute atomic E-state index is 0.888. The molecule has 102 valence electrons. The van der Waals surface area contributed by atoms with Crippen molar-refractivity contribution in [2.24, 2.45) is 0 Å². The van der Waals surface area contributed by atoms with E-state index in [0.717, 1.165) is 25.9 Å². The van der Waals surface area contributed by atoms with Crippen LogP contribution in [0.4, 0.5) is 0 Å². The maximum Gasteiger partial charge on any atom is 0.0976 e. The lowest BCUT2D eigenvalue weighted by Crippen LogP contribution is -2.13. The third-order valence-corrected chi connectivity index (χ3v) is 4.05. The van der Waals surface area contributed by atoms with Gasteiger partial charge < -0.3 is 5.32 Å². The summed E-state index contributed by atoms with van der Waals surface area (Å²) in [4.78, 5) is 10.3. The number of hydrogen-bond donors (Lipinski definition) is 1. The number of aryl methyl sites for hydroxylation is 1. The average molecular weight is 275 g/mol. The van der Waals surface area contributed by atoms with Crippen molar-refractivity contribution in [3.8, 4) is 0 Å². The van der Waals surface area contributed by atoms with Crippen molar-refractivity contribution in [1.29, 1.82) is 0 Å². The lowest BCUT2D eigenvalue weighted by atomic mass is 10.2. The third-order valence-electron chi connectivity index (χ3n) is 2.95. The zero-order chi connectivity index (χ0) is 13.5. The van der Waals surface area contributed by atoms with E-state index in [1.807, 2.05) is 29.8 Å². The van der Waals surface area contributed by atoms with E-state index in [9.17, 15) is 0 Å². The molecule has 0 spiro atoms. The van der Waals surface area contributed by atoms with Gasteiger partial charge in [0.15, 0.2) is 0 Å². The Bertz CT molecular complexity index is 493. The number of aromatic nitrogens is 2. The first-order chi connectivity index (χ1) is 9.33. The van der Waals surface area contributed by atoms with Crippen LogP contribution in [0, 0.1) is 0 Å². The average Bonchev–Trinajstić information content (AvgIpc) is 2.82. The number of nitrogens with one attached hydrogen (secondary N) is 1. The lowest BCUT2D eigenvalue weighted by Gasteiger charge is -2.01. The Balaban J connectivity index is 2.05. The van der Waals surface area contributed by atoms with Crippen LogP contribution in [0.15, 0.2) is 24.5 Å². The van der Waals surface area contributed by atoms with E-state index in [2.05, 4.69) is 30.2 Å². The van der Waals surface area contributed by atoms with Crippen LogP contribution in [-0.2, 0) is 19.4 Å². The predicted octanol–water partition coefficient (Wildman–Crippen LogP) is 3.19. The van der Waals surface area contributed by atoms with Gasteiger partial charge in [0, 0.05) is 30.2 Å². The van der Waals surface area contributed by atoms with E-state index in [0.29, 0.717) is 0 Å². The van der Waals surface area contributed by atoms with Gasteiger partial charge >= 0.3 is 0 Å². The Labute approximate surface area is 119 Å². The summed E-state index contributed by atoms with van der Waals surface area (Å²) in [5.74, 6) is 0. The Morgan fingerprint density at radius 2 is 2.21 bits per heavy atom. The second kappa shape index (κ2) is 7.36. The number of pyridine rings is 1. The van der Waals surface area contributed by atoms with Crippen LogP contribution in [0.25, 0.3) is 0 Å². The molecule has 0 radical (unpaired) electrons. The van der Waals surface area contributed by atoms with Crippen molar-refractivity contribution < 1.29 is 0 Å². The fourth-order valence-corrected chi connectivity index (χ4v) is 3.14. The van der Waals surface area contributed by atoms with Gasteiger partial charge in [-0.3, -0.25) is 4.98 Å². The minimum atomic E-state index is 0.888. The molecule has 2 rings (SSSR count). The van der Waals surface area contributed by atoms with Gasteiger partial charge in [0.1, 0.15) is 0 Å². The van der Waals surface area contributed by atoms with E-state index in [1.165, 1.54) is 27.6 Å². The Hall–Kier alpha value is -1.26. The highest BCUT2D eigenvalue weighted by Crippen LogP contribution is 2.21. The molecule has 19 heavy (non-hydrogen) atoms. The van der Waals surface area contributed by atoms with Gasteiger partial charge in [-0.05, 0) is 31.0 Å². The fraction of sp³-hybridized carbons (Fsp3) is 0.467. The van der Waals surface area contributed by atoms with Crippen LogP contribution in [-0.4, -0.2) is 16.5 Å². The molecule has 0 unspecified atom stereocenters. The van der Waals surface area contributed by atoms with E-state index >= 15 is 0 Å². The molecule has 1 N–H and O–H groups in total. The first-order valence-corrected chi connectivity index (χ1v) is 7.72. The molecule has 0 aromatic carbocycles. The predicted molar refractivity (Wildman–Crippen MR) is 80.5 cm³/mol. The highest BCUT2D eigenvalue weighted by Gasteiger charge is 2.09. The van der Waals surface area contributed by atoms with Crippen LogP contribution in [0.5, 0.6) is 0 Å². The van der Waals surface area contributed by atoms with Crippen LogP contribution >= 0.6 is 11.3 Å². The maximum atomic E-state index is 4.75. The number of nitrogens with zero attached hydrogens (tertiary/aromatic N) is 2.